The number of H-pyrrole nitrogens is 1. The number of aromatic carboxylic acids is 1. The first-order valence-corrected chi connectivity index (χ1v) is 5.49. The van der Waals surface area contributed by atoms with Gasteiger partial charge in [-0.2, -0.15) is 5.10 Å². The van der Waals surface area contributed by atoms with E-state index in [1.165, 1.54) is 6.20 Å². The molecule has 0 spiro atoms. The molecule has 0 aliphatic heterocycles. The molecule has 18 heavy (non-hydrogen) atoms. The summed E-state index contributed by atoms with van der Waals surface area (Å²) >= 11 is 0. The third-order valence-corrected chi connectivity index (χ3v) is 3.00. The van der Waals surface area contributed by atoms with Gasteiger partial charge in [-0.15, -0.1) is 0 Å². The Labute approximate surface area is 103 Å². The van der Waals surface area contributed by atoms with Crippen LogP contribution in [0.4, 0.5) is 0 Å². The summed E-state index contributed by atoms with van der Waals surface area (Å²) in [6, 6.07) is 7.73. The SMILES string of the molecule is Cn1ncc(C(=O)O)c1-c1ccc2[nH]ccc2c1. The summed E-state index contributed by atoms with van der Waals surface area (Å²) in [6.07, 6.45) is 3.23. The maximum Gasteiger partial charge on any atom is 0.339 e. The summed E-state index contributed by atoms with van der Waals surface area (Å²) in [6.45, 7) is 0. The van der Waals surface area contributed by atoms with Crippen LogP contribution in [-0.2, 0) is 7.05 Å². The highest BCUT2D eigenvalue weighted by Gasteiger charge is 2.16. The Morgan fingerprint density at radius 2 is 2.22 bits per heavy atom. The van der Waals surface area contributed by atoms with Crippen LogP contribution in [0.5, 0.6) is 0 Å². The van der Waals surface area contributed by atoms with Crippen LogP contribution < -0.4 is 0 Å². The van der Waals surface area contributed by atoms with Crippen molar-refractivity contribution >= 4 is 16.9 Å². The number of fused-ring (bicyclic) bond motifs is 1. The number of nitrogens with zero attached hydrogens (tertiary/aromatic N) is 2. The van der Waals surface area contributed by atoms with E-state index in [4.69, 9.17) is 5.11 Å². The van der Waals surface area contributed by atoms with Gasteiger partial charge < -0.3 is 10.1 Å². The van der Waals surface area contributed by atoms with Crippen LogP contribution in [0.15, 0.2) is 36.7 Å². The van der Waals surface area contributed by atoms with Crippen LogP contribution in [0.2, 0.25) is 0 Å². The van der Waals surface area contributed by atoms with Crippen molar-refractivity contribution in [3.63, 3.8) is 0 Å². The van der Waals surface area contributed by atoms with Crippen molar-refractivity contribution in [2.24, 2.45) is 7.05 Å². The summed E-state index contributed by atoms with van der Waals surface area (Å²) in [5.74, 6) is -0.965. The second-order valence-electron chi connectivity index (χ2n) is 4.12. The molecule has 5 nitrogen and oxygen atoms in total. The molecule has 0 saturated heterocycles. The normalized spacial score (nSPS) is 10.9. The number of aryl methyl sites for hydroxylation is 1. The Balaban J connectivity index is 2.24. The van der Waals surface area contributed by atoms with Gasteiger partial charge in [-0.1, -0.05) is 6.07 Å². The molecular formula is C13H11N3O2. The van der Waals surface area contributed by atoms with Gasteiger partial charge >= 0.3 is 5.97 Å². The first-order chi connectivity index (χ1) is 8.66. The van der Waals surface area contributed by atoms with Crippen molar-refractivity contribution < 1.29 is 9.90 Å². The van der Waals surface area contributed by atoms with Crippen LogP contribution in [0.3, 0.4) is 0 Å². The minimum Gasteiger partial charge on any atom is -0.478 e. The molecule has 5 heteroatoms. The molecule has 0 atom stereocenters. The maximum absolute atomic E-state index is 11.2. The third kappa shape index (κ3) is 1.48. The summed E-state index contributed by atoms with van der Waals surface area (Å²) in [5, 5.41) is 14.2. The van der Waals surface area contributed by atoms with E-state index in [9.17, 15) is 4.79 Å². The maximum atomic E-state index is 11.2. The summed E-state index contributed by atoms with van der Waals surface area (Å²) in [4.78, 5) is 14.3. The van der Waals surface area contributed by atoms with Crippen molar-refractivity contribution in [1.82, 2.24) is 14.8 Å². The van der Waals surface area contributed by atoms with Gasteiger partial charge in [-0.25, -0.2) is 4.79 Å². The first kappa shape index (κ1) is 10.6. The second kappa shape index (κ2) is 3.73. The average molecular weight is 241 g/mol. The van der Waals surface area contributed by atoms with Crippen molar-refractivity contribution in [1.29, 1.82) is 0 Å². The zero-order chi connectivity index (χ0) is 12.7. The van der Waals surface area contributed by atoms with E-state index in [0.29, 0.717) is 5.69 Å². The van der Waals surface area contributed by atoms with Gasteiger partial charge in [0.15, 0.2) is 0 Å². The van der Waals surface area contributed by atoms with Gasteiger partial charge in [-0.3, -0.25) is 4.68 Å². The predicted octanol–water partition coefficient (Wildman–Crippen LogP) is 2.27. The van der Waals surface area contributed by atoms with Crippen LogP contribution >= 0.6 is 0 Å². The number of aromatic amines is 1. The van der Waals surface area contributed by atoms with E-state index in [1.54, 1.807) is 11.7 Å². The summed E-state index contributed by atoms with van der Waals surface area (Å²) < 4.78 is 1.58. The van der Waals surface area contributed by atoms with Crippen LogP contribution in [0.25, 0.3) is 22.2 Å². The van der Waals surface area contributed by atoms with Gasteiger partial charge in [0.05, 0.1) is 11.9 Å². The highest BCUT2D eigenvalue weighted by molar-refractivity contribution is 5.96. The molecular weight excluding hydrogens is 230 g/mol. The van der Waals surface area contributed by atoms with Crippen molar-refractivity contribution in [3.05, 3.63) is 42.2 Å². The Kier molecular flexibility index (Phi) is 2.19. The number of hydrogen-bond donors (Lipinski definition) is 2. The van der Waals surface area contributed by atoms with E-state index in [0.717, 1.165) is 16.5 Å². The number of nitrogens with one attached hydrogen (secondary N) is 1. The van der Waals surface area contributed by atoms with Crippen molar-refractivity contribution in [2.75, 3.05) is 0 Å². The van der Waals surface area contributed by atoms with E-state index in [2.05, 4.69) is 10.1 Å². The minimum atomic E-state index is -0.965. The van der Waals surface area contributed by atoms with Gasteiger partial charge in [0.2, 0.25) is 0 Å². The van der Waals surface area contributed by atoms with Crippen LogP contribution in [0, 0.1) is 0 Å². The topological polar surface area (TPSA) is 70.9 Å². The largest absolute Gasteiger partial charge is 0.478 e. The van der Waals surface area contributed by atoms with Crippen LogP contribution in [0.1, 0.15) is 10.4 Å². The summed E-state index contributed by atoms with van der Waals surface area (Å²) in [5.41, 5.74) is 2.70. The molecule has 0 saturated carbocycles. The Morgan fingerprint density at radius 3 is 3.00 bits per heavy atom. The zero-order valence-electron chi connectivity index (χ0n) is 9.71. The number of hydrogen-bond acceptors (Lipinski definition) is 2. The number of carboxylic acids is 1. The van der Waals surface area contributed by atoms with E-state index in [-0.39, 0.29) is 5.56 Å². The lowest BCUT2D eigenvalue weighted by molar-refractivity contribution is 0.0697. The first-order valence-electron chi connectivity index (χ1n) is 5.49. The molecule has 3 rings (SSSR count). The molecule has 2 heterocycles. The Morgan fingerprint density at radius 1 is 1.39 bits per heavy atom. The second-order valence-corrected chi connectivity index (χ2v) is 4.12. The Bertz CT molecular complexity index is 740. The molecule has 0 aliphatic rings. The minimum absolute atomic E-state index is 0.215. The molecule has 90 valence electrons. The highest BCUT2D eigenvalue weighted by atomic mass is 16.4. The van der Waals surface area contributed by atoms with Gasteiger partial charge in [0.25, 0.3) is 0 Å². The van der Waals surface area contributed by atoms with E-state index < -0.39 is 5.97 Å². The predicted molar refractivity (Wildman–Crippen MR) is 67.5 cm³/mol. The highest BCUT2D eigenvalue weighted by Crippen LogP contribution is 2.26. The standard InChI is InChI=1S/C13H11N3O2/c1-16-12(10(7-15-16)13(17)18)9-2-3-11-8(6-9)4-5-14-11/h2-7,14H,1H3,(H,17,18). The summed E-state index contributed by atoms with van der Waals surface area (Å²) in [7, 11) is 1.74. The molecule has 2 aromatic heterocycles. The lowest BCUT2D eigenvalue weighted by Gasteiger charge is -2.04. The molecule has 0 aliphatic carbocycles. The lowest BCUT2D eigenvalue weighted by atomic mass is 10.1. The fraction of sp³-hybridized carbons (Fsp3) is 0.0769. The number of aromatic nitrogens is 3. The quantitative estimate of drug-likeness (QED) is 0.723. The van der Waals surface area contributed by atoms with Gasteiger partial charge in [0, 0.05) is 29.7 Å². The molecule has 0 bridgehead atoms. The molecule has 0 radical (unpaired) electrons. The fourth-order valence-corrected chi connectivity index (χ4v) is 2.14. The van der Waals surface area contributed by atoms with Crippen molar-refractivity contribution in [3.8, 4) is 11.3 Å². The van der Waals surface area contributed by atoms with E-state index in [1.807, 2.05) is 30.5 Å². The molecule has 1 aromatic carbocycles. The molecule has 0 unspecified atom stereocenters. The van der Waals surface area contributed by atoms with Crippen LogP contribution in [-0.4, -0.2) is 25.8 Å². The number of benzene rings is 1. The number of carbonyl (C=O) groups is 1. The average Bonchev–Trinajstić information content (AvgIpc) is 2.93. The Hall–Kier alpha value is -2.56. The molecule has 0 amide bonds. The van der Waals surface area contributed by atoms with Crippen molar-refractivity contribution in [2.45, 2.75) is 0 Å². The van der Waals surface area contributed by atoms with E-state index >= 15 is 0 Å². The van der Waals surface area contributed by atoms with Gasteiger partial charge in [-0.05, 0) is 18.2 Å². The molecule has 2 N–H and O–H groups in total. The fourth-order valence-electron chi connectivity index (χ4n) is 2.14. The lowest BCUT2D eigenvalue weighted by Crippen LogP contribution is -2.00. The molecule has 3 aromatic rings. The zero-order valence-corrected chi connectivity index (χ0v) is 9.71. The van der Waals surface area contributed by atoms with Gasteiger partial charge in [0.1, 0.15) is 5.56 Å². The molecule has 0 fully saturated rings. The monoisotopic (exact) mass is 241 g/mol. The third-order valence-electron chi connectivity index (χ3n) is 3.00. The number of carboxylic acid groups (broad SMARTS) is 1. The number of rotatable bonds is 2. The smallest absolute Gasteiger partial charge is 0.339 e.